The normalized spacial score (nSPS) is 30.0. The maximum absolute atomic E-state index is 12.9. The van der Waals surface area contributed by atoms with E-state index in [1.165, 1.54) is 19.3 Å². The highest BCUT2D eigenvalue weighted by Crippen LogP contribution is 2.41. The van der Waals surface area contributed by atoms with Crippen LogP contribution in [0.2, 0.25) is 0 Å². The maximum Gasteiger partial charge on any atom is 0.230 e. The summed E-state index contributed by atoms with van der Waals surface area (Å²) < 4.78 is 0. The Morgan fingerprint density at radius 2 is 2.05 bits per heavy atom. The van der Waals surface area contributed by atoms with E-state index in [1.807, 2.05) is 0 Å². The van der Waals surface area contributed by atoms with Crippen molar-refractivity contribution < 1.29 is 14.7 Å². The summed E-state index contributed by atoms with van der Waals surface area (Å²) in [5.41, 5.74) is -0.326. The van der Waals surface area contributed by atoms with Crippen molar-refractivity contribution in [2.24, 2.45) is 11.3 Å². The third-order valence-corrected chi connectivity index (χ3v) is 5.56. The molecule has 2 amide bonds. The van der Waals surface area contributed by atoms with Gasteiger partial charge in [-0.15, -0.1) is 0 Å². The topological polar surface area (TPSA) is 60.9 Å². The van der Waals surface area contributed by atoms with E-state index in [2.05, 4.69) is 4.90 Å². The van der Waals surface area contributed by atoms with Crippen molar-refractivity contribution in [3.05, 3.63) is 0 Å². The molecule has 2 heterocycles. The quantitative estimate of drug-likeness (QED) is 0.842. The molecule has 1 saturated carbocycles. The van der Waals surface area contributed by atoms with Crippen LogP contribution in [0.3, 0.4) is 0 Å². The number of hydrogen-bond acceptors (Lipinski definition) is 3. The smallest absolute Gasteiger partial charge is 0.230 e. The van der Waals surface area contributed by atoms with Crippen LogP contribution in [0.1, 0.15) is 44.9 Å². The first-order chi connectivity index (χ1) is 10.1. The summed E-state index contributed by atoms with van der Waals surface area (Å²) in [6.45, 7) is 2.94. The van der Waals surface area contributed by atoms with E-state index in [4.69, 9.17) is 5.11 Å². The van der Waals surface area contributed by atoms with E-state index in [0.717, 1.165) is 32.4 Å². The van der Waals surface area contributed by atoms with Crippen LogP contribution in [-0.4, -0.2) is 59.5 Å². The Balaban J connectivity index is 1.63. The van der Waals surface area contributed by atoms with Crippen molar-refractivity contribution in [2.45, 2.75) is 44.9 Å². The van der Waals surface area contributed by atoms with Gasteiger partial charge in [0.2, 0.25) is 11.8 Å². The lowest BCUT2D eigenvalue weighted by atomic mass is 9.77. The molecule has 0 radical (unpaired) electrons. The van der Waals surface area contributed by atoms with Gasteiger partial charge in [-0.05, 0) is 38.0 Å². The maximum atomic E-state index is 12.9. The van der Waals surface area contributed by atoms with Crippen molar-refractivity contribution >= 4 is 11.8 Å². The van der Waals surface area contributed by atoms with Crippen LogP contribution in [0.4, 0.5) is 0 Å². The molecule has 0 aromatic carbocycles. The van der Waals surface area contributed by atoms with Gasteiger partial charge in [-0.2, -0.15) is 0 Å². The van der Waals surface area contributed by atoms with E-state index < -0.39 is 0 Å². The molecule has 0 bridgehead atoms. The lowest BCUT2D eigenvalue weighted by Gasteiger charge is -2.42. The first kappa shape index (κ1) is 14.8. The second-order valence-electron chi connectivity index (χ2n) is 6.97. The fraction of sp³-hybridized carbons (Fsp3) is 0.875. The van der Waals surface area contributed by atoms with E-state index in [-0.39, 0.29) is 30.3 Å². The van der Waals surface area contributed by atoms with Crippen LogP contribution in [-0.2, 0) is 9.59 Å². The number of nitrogens with zero attached hydrogens (tertiary/aromatic N) is 2. The molecule has 1 aliphatic carbocycles. The summed E-state index contributed by atoms with van der Waals surface area (Å²) >= 11 is 0. The number of aliphatic hydroxyl groups excluding tert-OH is 1. The van der Waals surface area contributed by atoms with Gasteiger partial charge < -0.3 is 14.9 Å². The largest absolute Gasteiger partial charge is 0.396 e. The average Bonchev–Trinajstić information content (AvgIpc) is 2.84. The van der Waals surface area contributed by atoms with Crippen LogP contribution in [0, 0.1) is 11.3 Å². The van der Waals surface area contributed by atoms with Gasteiger partial charge in [0.25, 0.3) is 0 Å². The van der Waals surface area contributed by atoms with Crippen LogP contribution < -0.4 is 0 Å². The molecule has 2 saturated heterocycles. The highest BCUT2D eigenvalue weighted by Gasteiger charge is 2.49. The molecule has 5 nitrogen and oxygen atoms in total. The van der Waals surface area contributed by atoms with Gasteiger partial charge >= 0.3 is 0 Å². The average molecular weight is 294 g/mol. The zero-order valence-corrected chi connectivity index (χ0v) is 12.7. The second-order valence-corrected chi connectivity index (χ2v) is 6.97. The van der Waals surface area contributed by atoms with Gasteiger partial charge in [0.1, 0.15) is 0 Å². The van der Waals surface area contributed by atoms with E-state index in [0.29, 0.717) is 19.0 Å². The molecule has 1 atom stereocenters. The molecule has 5 heteroatoms. The zero-order chi connectivity index (χ0) is 14.9. The number of rotatable bonds is 4. The molecule has 0 aromatic heterocycles. The molecule has 3 rings (SSSR count). The van der Waals surface area contributed by atoms with Crippen molar-refractivity contribution in [3.63, 3.8) is 0 Å². The molecule has 118 valence electrons. The van der Waals surface area contributed by atoms with Crippen molar-refractivity contribution in [3.8, 4) is 0 Å². The highest BCUT2D eigenvalue weighted by molar-refractivity contribution is 5.86. The molecular formula is C16H26N2O3. The number of piperidine rings is 1. The monoisotopic (exact) mass is 294 g/mol. The molecule has 3 aliphatic rings. The summed E-state index contributed by atoms with van der Waals surface area (Å²) in [4.78, 5) is 28.7. The Morgan fingerprint density at radius 3 is 2.71 bits per heavy atom. The molecule has 21 heavy (non-hydrogen) atoms. The van der Waals surface area contributed by atoms with Crippen LogP contribution >= 0.6 is 0 Å². The minimum Gasteiger partial charge on any atom is -0.396 e. The van der Waals surface area contributed by atoms with Crippen LogP contribution in [0.25, 0.3) is 0 Å². The van der Waals surface area contributed by atoms with Gasteiger partial charge in [0, 0.05) is 32.6 Å². The minimum absolute atomic E-state index is 0.0155. The number of likely N-dealkylation sites (tertiary alicyclic amines) is 2. The van der Waals surface area contributed by atoms with E-state index in [9.17, 15) is 9.59 Å². The lowest BCUT2D eigenvalue weighted by molar-refractivity contribution is -0.147. The third-order valence-electron chi connectivity index (χ3n) is 5.56. The summed E-state index contributed by atoms with van der Waals surface area (Å²) in [7, 11) is 0. The predicted octanol–water partition coefficient (Wildman–Crippen LogP) is 1.01. The molecule has 0 aromatic rings. The minimum atomic E-state index is -0.326. The van der Waals surface area contributed by atoms with Gasteiger partial charge in [-0.3, -0.25) is 9.59 Å². The Labute approximate surface area is 126 Å². The SMILES string of the molecule is O=C(CCO)N1CCC2(CCCN(CC3CCC3)C2=O)C1. The van der Waals surface area contributed by atoms with Gasteiger partial charge in [-0.25, -0.2) is 0 Å². The highest BCUT2D eigenvalue weighted by atomic mass is 16.3. The Hall–Kier alpha value is -1.10. The Kier molecular flexibility index (Phi) is 4.20. The summed E-state index contributed by atoms with van der Waals surface area (Å²) in [6, 6.07) is 0. The van der Waals surface area contributed by atoms with E-state index in [1.54, 1.807) is 4.90 Å². The Bertz CT molecular complexity index is 422. The fourth-order valence-electron chi connectivity index (χ4n) is 4.03. The molecule has 2 aliphatic heterocycles. The van der Waals surface area contributed by atoms with Gasteiger partial charge in [-0.1, -0.05) is 6.42 Å². The Morgan fingerprint density at radius 1 is 1.24 bits per heavy atom. The van der Waals surface area contributed by atoms with E-state index >= 15 is 0 Å². The van der Waals surface area contributed by atoms with Gasteiger partial charge in [0.05, 0.1) is 12.0 Å². The predicted molar refractivity (Wildman–Crippen MR) is 78.5 cm³/mol. The summed E-state index contributed by atoms with van der Waals surface area (Å²) in [6.07, 6.45) is 6.77. The third kappa shape index (κ3) is 2.80. The molecule has 1 unspecified atom stereocenters. The first-order valence-electron chi connectivity index (χ1n) is 8.33. The van der Waals surface area contributed by atoms with Crippen LogP contribution in [0.5, 0.6) is 0 Å². The van der Waals surface area contributed by atoms with Crippen molar-refractivity contribution in [2.75, 3.05) is 32.8 Å². The molecular weight excluding hydrogens is 268 g/mol. The van der Waals surface area contributed by atoms with Gasteiger partial charge in [0.15, 0.2) is 0 Å². The van der Waals surface area contributed by atoms with Crippen LogP contribution in [0.15, 0.2) is 0 Å². The zero-order valence-electron chi connectivity index (χ0n) is 12.7. The molecule has 1 spiro atoms. The number of carbonyl (C=O) groups excluding carboxylic acids is 2. The summed E-state index contributed by atoms with van der Waals surface area (Å²) in [5.74, 6) is 0.968. The lowest BCUT2D eigenvalue weighted by Crippen LogP contribution is -2.52. The first-order valence-corrected chi connectivity index (χ1v) is 8.33. The molecule has 1 N–H and O–H groups in total. The standard InChI is InChI=1S/C16H26N2O3/c19-10-5-14(20)18-9-7-16(12-18)6-2-8-17(15(16)21)11-13-3-1-4-13/h13,19H,1-12H2. The number of hydrogen-bond donors (Lipinski definition) is 1. The fourth-order valence-corrected chi connectivity index (χ4v) is 4.03. The summed E-state index contributed by atoms with van der Waals surface area (Å²) in [5, 5.41) is 8.90. The number of amides is 2. The second kappa shape index (κ2) is 5.95. The van der Waals surface area contributed by atoms with Crippen molar-refractivity contribution in [1.82, 2.24) is 9.80 Å². The van der Waals surface area contributed by atoms with Crippen molar-refractivity contribution in [1.29, 1.82) is 0 Å². The number of carbonyl (C=O) groups is 2. The number of aliphatic hydroxyl groups is 1. The molecule has 3 fully saturated rings.